The monoisotopic (exact) mass is 614 g/mol. The van der Waals surface area contributed by atoms with Crippen LogP contribution in [0.4, 0.5) is 0 Å². The lowest BCUT2D eigenvalue weighted by molar-refractivity contribution is -0.123. The molecule has 0 aliphatic carbocycles. The predicted molar refractivity (Wildman–Crippen MR) is 156 cm³/mol. The van der Waals surface area contributed by atoms with E-state index in [4.69, 9.17) is 33.2 Å². The quantitative estimate of drug-likeness (QED) is 0.0451. The maximum absolute atomic E-state index is 11.4. The van der Waals surface area contributed by atoms with Crippen molar-refractivity contribution in [3.8, 4) is 0 Å². The Bertz CT molecular complexity index is 771. The lowest BCUT2D eigenvalue weighted by atomic mass is 9.92. The lowest BCUT2D eigenvalue weighted by Gasteiger charge is -2.33. The van der Waals surface area contributed by atoms with E-state index >= 15 is 0 Å². The predicted octanol–water partition coefficient (Wildman–Crippen LogP) is -0.830. The van der Waals surface area contributed by atoms with E-state index in [1.807, 2.05) is 0 Å². The van der Waals surface area contributed by atoms with Crippen molar-refractivity contribution in [2.45, 2.75) is 0 Å². The van der Waals surface area contributed by atoms with E-state index in [9.17, 15) is 19.2 Å². The number of nitrogens with one attached hydrogen (secondary N) is 4. The van der Waals surface area contributed by atoms with Gasteiger partial charge in [0.2, 0.25) is 23.6 Å². The Morgan fingerprint density at radius 2 is 0.721 bits per heavy atom. The van der Waals surface area contributed by atoms with Gasteiger partial charge in [0.1, 0.15) is 20.2 Å². The van der Waals surface area contributed by atoms with Gasteiger partial charge in [-0.1, -0.05) is 26.3 Å². The van der Waals surface area contributed by atoms with Crippen LogP contribution in [0.1, 0.15) is 0 Å². The van der Waals surface area contributed by atoms with Crippen LogP contribution in [0.25, 0.3) is 0 Å². The summed E-state index contributed by atoms with van der Waals surface area (Å²) in [6.45, 7) is 15.9. The van der Waals surface area contributed by atoms with E-state index in [0.717, 1.165) is 18.2 Å². The molecule has 0 aliphatic heterocycles. The van der Waals surface area contributed by atoms with Crippen molar-refractivity contribution >= 4 is 23.6 Å². The van der Waals surface area contributed by atoms with Gasteiger partial charge in [-0.2, -0.15) is 0 Å². The molecule has 0 unspecified atom stereocenters. The minimum atomic E-state index is -0.784. The Morgan fingerprint density at radius 3 is 1.05 bits per heavy atom. The first-order chi connectivity index (χ1) is 20.8. The summed E-state index contributed by atoms with van der Waals surface area (Å²) < 4.78 is 39.4. The number of hydrogen-bond donors (Lipinski definition) is 4. The highest BCUT2D eigenvalue weighted by Crippen LogP contribution is 2.21. The van der Waals surface area contributed by atoms with Crippen LogP contribution in [-0.4, -0.2) is 123 Å². The van der Waals surface area contributed by atoms with Crippen molar-refractivity contribution in [1.82, 2.24) is 21.3 Å². The summed E-state index contributed by atoms with van der Waals surface area (Å²) in [5.41, 5.74) is -0.784. The Hall–Kier alpha value is -3.44. The van der Waals surface area contributed by atoms with Crippen LogP contribution in [0.5, 0.6) is 0 Å². The zero-order valence-electron chi connectivity index (χ0n) is 24.7. The van der Waals surface area contributed by atoms with Crippen LogP contribution in [0.2, 0.25) is 0 Å². The van der Waals surface area contributed by atoms with Gasteiger partial charge in [0, 0.05) is 6.54 Å². The van der Waals surface area contributed by atoms with Gasteiger partial charge in [0.25, 0.3) is 0 Å². The maximum Gasteiger partial charge on any atom is 0.245 e. The Kier molecular flexibility index (Phi) is 25.2. The second kappa shape index (κ2) is 27.4. The van der Waals surface area contributed by atoms with Crippen LogP contribution in [0, 0.1) is 5.41 Å². The molecule has 4 amide bonds. The molecule has 0 fully saturated rings. The maximum atomic E-state index is 11.4. The largest absolute Gasteiger partial charge is 0.379 e. The molecule has 0 aromatic carbocycles. The van der Waals surface area contributed by atoms with E-state index in [2.05, 4.69) is 47.6 Å². The normalized spacial score (nSPS) is 10.8. The molecule has 0 rings (SSSR count). The number of carbonyl (C=O) groups excluding carboxylic acids is 4. The van der Waals surface area contributed by atoms with Gasteiger partial charge in [-0.15, -0.1) is 0 Å². The fraction of sp³-hybridized carbons (Fsp3) is 0.571. The summed E-state index contributed by atoms with van der Waals surface area (Å²) in [7, 11) is 0. The highest BCUT2D eigenvalue weighted by Gasteiger charge is 2.32. The highest BCUT2D eigenvalue weighted by molar-refractivity contribution is 5.87. The molecule has 15 nitrogen and oxygen atoms in total. The van der Waals surface area contributed by atoms with Crippen LogP contribution in [0.3, 0.4) is 0 Å². The molecule has 4 N–H and O–H groups in total. The molecule has 43 heavy (non-hydrogen) atoms. The summed E-state index contributed by atoms with van der Waals surface area (Å²) in [6, 6.07) is 0. The third-order valence-electron chi connectivity index (χ3n) is 5.08. The average molecular weight is 615 g/mol. The molecular weight excluding hydrogens is 568 g/mol. The van der Waals surface area contributed by atoms with E-state index in [-0.39, 0.29) is 123 Å². The molecule has 0 atom stereocenters. The van der Waals surface area contributed by atoms with Crippen LogP contribution < -0.4 is 21.3 Å². The molecule has 15 heteroatoms. The molecule has 244 valence electrons. The van der Waals surface area contributed by atoms with Crippen molar-refractivity contribution in [2.24, 2.45) is 5.41 Å². The lowest BCUT2D eigenvalue weighted by Crippen LogP contribution is -2.43. The number of ether oxygens (including phenoxy) is 7. The second-order valence-corrected chi connectivity index (χ2v) is 8.60. The molecule has 0 saturated heterocycles. The second-order valence-electron chi connectivity index (χ2n) is 8.60. The van der Waals surface area contributed by atoms with E-state index in [1.165, 1.54) is 6.08 Å². The molecule has 0 aromatic rings. The molecule has 0 heterocycles. The third kappa shape index (κ3) is 23.8. The summed E-state index contributed by atoms with van der Waals surface area (Å²) in [5.74, 6) is -1.37. The van der Waals surface area contributed by atoms with Crippen LogP contribution >= 0.6 is 0 Å². The summed E-state index contributed by atoms with van der Waals surface area (Å²) in [5, 5.41) is 10.1. The fourth-order valence-electron chi connectivity index (χ4n) is 2.88. The zero-order chi connectivity index (χ0) is 32.0. The third-order valence-corrected chi connectivity index (χ3v) is 5.08. The molecule has 0 saturated carbocycles. The van der Waals surface area contributed by atoms with Crippen LogP contribution in [-0.2, 0) is 52.3 Å². The first-order valence-corrected chi connectivity index (χ1v) is 13.5. The number of rotatable bonds is 30. The van der Waals surface area contributed by atoms with Crippen molar-refractivity contribution in [2.75, 3.05) is 99.4 Å². The Balaban J connectivity index is 5.05. The topological polar surface area (TPSA) is 181 Å². The molecule has 0 spiro atoms. The first-order valence-electron chi connectivity index (χ1n) is 13.5. The summed E-state index contributed by atoms with van der Waals surface area (Å²) >= 11 is 0. The summed E-state index contributed by atoms with van der Waals surface area (Å²) in [6.07, 6.45) is 4.59. The minimum absolute atomic E-state index is 0.00558. The van der Waals surface area contributed by atoms with Crippen LogP contribution in [0.15, 0.2) is 50.6 Å². The van der Waals surface area contributed by atoms with Gasteiger partial charge < -0.3 is 54.4 Å². The van der Waals surface area contributed by atoms with Gasteiger partial charge in [-0.05, 0) is 24.3 Å². The van der Waals surface area contributed by atoms with Crippen molar-refractivity contribution in [3.63, 3.8) is 0 Å². The van der Waals surface area contributed by atoms with Crippen molar-refractivity contribution < 1.29 is 52.3 Å². The van der Waals surface area contributed by atoms with Gasteiger partial charge >= 0.3 is 0 Å². The smallest absolute Gasteiger partial charge is 0.245 e. The SMILES string of the molecule is C=CC(=O)NCCOCC(COCCOCNC(=O)C=C)(COCCOCNC(=O)C=C)COCCOCNC(=O)C=C. The highest BCUT2D eigenvalue weighted by atomic mass is 16.6. The van der Waals surface area contributed by atoms with Gasteiger partial charge in [-0.3, -0.25) is 19.2 Å². The molecule has 0 radical (unpaired) electrons. The molecule has 0 aromatic heterocycles. The van der Waals surface area contributed by atoms with Crippen molar-refractivity contribution in [1.29, 1.82) is 0 Å². The van der Waals surface area contributed by atoms with Crippen molar-refractivity contribution in [3.05, 3.63) is 50.6 Å². The van der Waals surface area contributed by atoms with Gasteiger partial charge in [0.05, 0.1) is 78.1 Å². The van der Waals surface area contributed by atoms with Gasteiger partial charge in [0.15, 0.2) is 0 Å². The summed E-state index contributed by atoms with van der Waals surface area (Å²) in [4.78, 5) is 45.1. The minimum Gasteiger partial charge on any atom is -0.379 e. The zero-order valence-corrected chi connectivity index (χ0v) is 24.7. The molecular formula is C28H46N4O11. The van der Waals surface area contributed by atoms with E-state index < -0.39 is 5.41 Å². The fourth-order valence-corrected chi connectivity index (χ4v) is 2.88. The van der Waals surface area contributed by atoms with Gasteiger partial charge in [-0.25, -0.2) is 0 Å². The average Bonchev–Trinajstić information content (AvgIpc) is 3.02. The first kappa shape index (κ1) is 39.6. The number of amides is 4. The molecule has 0 bridgehead atoms. The molecule has 0 aliphatic rings. The Morgan fingerprint density at radius 1 is 0.442 bits per heavy atom. The van der Waals surface area contributed by atoms with E-state index in [0.29, 0.717) is 0 Å². The number of carbonyl (C=O) groups is 4. The standard InChI is InChI=1S/C28H46N4O11/c1-5-24(33)29-9-10-37-17-28(18-38-11-14-41-21-30-25(34)6-2,19-39-12-15-42-22-31-26(35)7-3)20-40-13-16-43-23-32-27(36)8-4/h5-8H,1-4,9-23H2,(H,29,33)(H,30,34)(H,31,35)(H,32,36). The van der Waals surface area contributed by atoms with E-state index in [1.54, 1.807) is 0 Å². The number of hydrogen-bond acceptors (Lipinski definition) is 11. The Labute approximate surface area is 252 Å².